The zero-order valence-electron chi connectivity index (χ0n) is 16.2. The van der Waals surface area contributed by atoms with Gasteiger partial charge in [0.05, 0.1) is 11.5 Å². The number of likely N-dealkylation sites (N-methyl/N-ethyl adjacent to an activating group) is 1. The Kier molecular flexibility index (Phi) is 6.97. The number of hydrogen-bond acceptors (Lipinski definition) is 5. The van der Waals surface area contributed by atoms with Crippen LogP contribution in [0.5, 0.6) is 0 Å². The molecule has 0 aromatic heterocycles. The molecule has 0 N–H and O–H groups in total. The smallest absolute Gasteiger partial charge is 0.269 e. The number of piperazine rings is 1. The Morgan fingerprint density at radius 3 is 2.19 bits per heavy atom. The zero-order chi connectivity index (χ0) is 19.3. The minimum absolute atomic E-state index is 0.0986. The number of amides is 1. The van der Waals surface area contributed by atoms with Crippen LogP contribution in [-0.4, -0.2) is 65.9 Å². The first-order valence-electron chi connectivity index (χ1n) is 9.34. The molecule has 1 saturated heterocycles. The van der Waals surface area contributed by atoms with Crippen LogP contribution in [0.4, 0.5) is 11.4 Å². The fourth-order valence-electron chi connectivity index (χ4n) is 3.24. The van der Waals surface area contributed by atoms with E-state index in [1.807, 2.05) is 4.90 Å². The van der Waals surface area contributed by atoms with Gasteiger partial charge in [-0.25, -0.2) is 0 Å². The second-order valence-corrected chi connectivity index (χ2v) is 7.19. The van der Waals surface area contributed by atoms with Crippen molar-refractivity contribution in [1.29, 1.82) is 0 Å². The molecule has 1 aliphatic rings. The first-order chi connectivity index (χ1) is 12.3. The Labute approximate surface area is 155 Å². The number of hydrogen-bond donors (Lipinski definition) is 0. The lowest BCUT2D eigenvalue weighted by Crippen LogP contribution is -2.52. The Morgan fingerprint density at radius 2 is 1.73 bits per heavy atom. The minimum Gasteiger partial charge on any atom is -0.368 e. The van der Waals surface area contributed by atoms with Crippen molar-refractivity contribution in [2.24, 2.45) is 5.92 Å². The van der Waals surface area contributed by atoms with Gasteiger partial charge in [-0.3, -0.25) is 19.8 Å². The van der Waals surface area contributed by atoms with Gasteiger partial charge in [0.25, 0.3) is 5.69 Å². The molecule has 26 heavy (non-hydrogen) atoms. The third-order valence-corrected chi connectivity index (χ3v) is 5.34. The van der Waals surface area contributed by atoms with Crippen LogP contribution in [0.25, 0.3) is 0 Å². The Balaban J connectivity index is 1.89. The van der Waals surface area contributed by atoms with Gasteiger partial charge in [0.15, 0.2) is 0 Å². The van der Waals surface area contributed by atoms with E-state index in [2.05, 4.69) is 37.5 Å². The van der Waals surface area contributed by atoms with Crippen LogP contribution in [0.1, 0.15) is 27.7 Å². The highest BCUT2D eigenvalue weighted by atomic mass is 16.6. The summed E-state index contributed by atoms with van der Waals surface area (Å²) >= 11 is 0. The molecule has 7 heteroatoms. The van der Waals surface area contributed by atoms with Crippen molar-refractivity contribution < 1.29 is 9.72 Å². The van der Waals surface area contributed by atoms with Gasteiger partial charge in [-0.05, 0) is 31.5 Å². The Morgan fingerprint density at radius 1 is 1.15 bits per heavy atom. The van der Waals surface area contributed by atoms with Gasteiger partial charge in [0.2, 0.25) is 5.91 Å². The van der Waals surface area contributed by atoms with Crippen molar-refractivity contribution in [3.8, 4) is 0 Å². The van der Waals surface area contributed by atoms with Crippen molar-refractivity contribution in [1.82, 2.24) is 9.80 Å². The maximum Gasteiger partial charge on any atom is 0.269 e. The van der Waals surface area contributed by atoms with E-state index in [1.165, 1.54) is 12.1 Å². The average Bonchev–Trinajstić information content (AvgIpc) is 2.65. The first-order valence-corrected chi connectivity index (χ1v) is 9.34. The van der Waals surface area contributed by atoms with E-state index in [4.69, 9.17) is 0 Å². The summed E-state index contributed by atoms with van der Waals surface area (Å²) in [6.45, 7) is 12.8. The molecule has 1 fully saturated rings. The van der Waals surface area contributed by atoms with Crippen molar-refractivity contribution in [2.75, 3.05) is 44.2 Å². The molecule has 1 atom stereocenters. The molecule has 144 valence electrons. The third-order valence-electron chi connectivity index (χ3n) is 5.34. The molecule has 0 radical (unpaired) electrons. The number of rotatable bonds is 7. The normalized spacial score (nSPS) is 16.2. The van der Waals surface area contributed by atoms with Crippen molar-refractivity contribution in [2.45, 2.75) is 33.7 Å². The molecule has 1 aliphatic heterocycles. The first kappa shape index (κ1) is 20.2. The van der Waals surface area contributed by atoms with Crippen LogP contribution >= 0.6 is 0 Å². The molecule has 0 aliphatic carbocycles. The monoisotopic (exact) mass is 362 g/mol. The molecule has 2 rings (SSSR count). The zero-order valence-corrected chi connectivity index (χ0v) is 16.2. The molecule has 1 heterocycles. The summed E-state index contributed by atoms with van der Waals surface area (Å²) in [7, 11) is 0. The maximum absolute atomic E-state index is 12.6. The van der Waals surface area contributed by atoms with Crippen LogP contribution in [0.2, 0.25) is 0 Å². The highest BCUT2D eigenvalue weighted by Crippen LogP contribution is 2.21. The standard InChI is InChI=1S/C19H30N4O3/c1-5-20(16(4)15(2)3)14-19(24)22-12-10-21(11-13-22)17-6-8-18(9-7-17)23(25)26/h6-9,15-16H,5,10-14H2,1-4H3. The molecule has 1 aromatic carbocycles. The predicted molar refractivity (Wildman–Crippen MR) is 103 cm³/mol. The average molecular weight is 362 g/mol. The van der Waals surface area contributed by atoms with Crippen LogP contribution in [-0.2, 0) is 4.79 Å². The third kappa shape index (κ3) is 4.94. The largest absolute Gasteiger partial charge is 0.368 e. The lowest BCUT2D eigenvalue weighted by Gasteiger charge is -2.38. The van der Waals surface area contributed by atoms with Crippen molar-refractivity contribution in [3.63, 3.8) is 0 Å². The van der Waals surface area contributed by atoms with Gasteiger partial charge in [-0.15, -0.1) is 0 Å². The summed E-state index contributed by atoms with van der Waals surface area (Å²) in [6, 6.07) is 6.99. The van der Waals surface area contributed by atoms with Gasteiger partial charge in [0, 0.05) is 50.0 Å². The van der Waals surface area contributed by atoms with Crippen LogP contribution in [0, 0.1) is 16.0 Å². The van der Waals surface area contributed by atoms with E-state index in [0.29, 0.717) is 31.6 Å². The molecule has 1 amide bonds. The van der Waals surface area contributed by atoms with Crippen LogP contribution < -0.4 is 4.90 Å². The fraction of sp³-hybridized carbons (Fsp3) is 0.632. The number of carbonyl (C=O) groups is 1. The van der Waals surface area contributed by atoms with E-state index >= 15 is 0 Å². The minimum atomic E-state index is -0.391. The fourth-order valence-corrected chi connectivity index (χ4v) is 3.24. The second kappa shape index (κ2) is 8.98. The number of nitro benzene ring substituents is 1. The molecular formula is C19H30N4O3. The summed E-state index contributed by atoms with van der Waals surface area (Å²) in [5, 5.41) is 10.8. The SMILES string of the molecule is CCN(CC(=O)N1CCN(c2ccc([N+](=O)[O-])cc2)CC1)C(C)C(C)C. The quantitative estimate of drug-likeness (QED) is 0.551. The van der Waals surface area contributed by atoms with E-state index in [9.17, 15) is 14.9 Å². The van der Waals surface area contributed by atoms with Crippen molar-refractivity contribution in [3.05, 3.63) is 34.4 Å². The van der Waals surface area contributed by atoms with Gasteiger partial charge < -0.3 is 9.80 Å². The van der Waals surface area contributed by atoms with E-state index < -0.39 is 4.92 Å². The molecule has 1 aromatic rings. The number of anilines is 1. The van der Waals surface area contributed by atoms with E-state index in [0.717, 1.165) is 25.3 Å². The molecule has 0 bridgehead atoms. The topological polar surface area (TPSA) is 69.9 Å². The van der Waals surface area contributed by atoms with Crippen LogP contribution in [0.15, 0.2) is 24.3 Å². The molecule has 7 nitrogen and oxygen atoms in total. The van der Waals surface area contributed by atoms with Gasteiger partial charge >= 0.3 is 0 Å². The highest BCUT2D eigenvalue weighted by Gasteiger charge is 2.25. The predicted octanol–water partition coefficient (Wildman–Crippen LogP) is 2.61. The number of carbonyl (C=O) groups excluding carboxylic acids is 1. The van der Waals surface area contributed by atoms with Crippen molar-refractivity contribution >= 4 is 17.3 Å². The van der Waals surface area contributed by atoms with Gasteiger partial charge in [-0.2, -0.15) is 0 Å². The number of non-ortho nitro benzene ring substituents is 1. The maximum atomic E-state index is 12.6. The van der Waals surface area contributed by atoms with E-state index in [-0.39, 0.29) is 11.6 Å². The summed E-state index contributed by atoms with van der Waals surface area (Å²) in [5.41, 5.74) is 1.06. The second-order valence-electron chi connectivity index (χ2n) is 7.19. The summed E-state index contributed by atoms with van der Waals surface area (Å²) in [4.78, 5) is 29.3. The lowest BCUT2D eigenvalue weighted by atomic mass is 10.0. The summed E-state index contributed by atoms with van der Waals surface area (Å²) in [6.07, 6.45) is 0. The summed E-state index contributed by atoms with van der Waals surface area (Å²) < 4.78 is 0. The molecule has 0 saturated carbocycles. The number of nitro groups is 1. The molecule has 1 unspecified atom stereocenters. The molecule has 0 spiro atoms. The van der Waals surface area contributed by atoms with Crippen LogP contribution in [0.3, 0.4) is 0 Å². The summed E-state index contributed by atoms with van der Waals surface area (Å²) in [5.74, 6) is 0.699. The number of benzene rings is 1. The van der Waals surface area contributed by atoms with E-state index in [1.54, 1.807) is 12.1 Å². The lowest BCUT2D eigenvalue weighted by molar-refractivity contribution is -0.384. The molecular weight excluding hydrogens is 332 g/mol. The Bertz CT molecular complexity index is 610. The number of nitrogens with zero attached hydrogens (tertiary/aromatic N) is 4. The van der Waals surface area contributed by atoms with Gasteiger partial charge in [0.1, 0.15) is 0 Å². The Hall–Kier alpha value is -2.15. The highest BCUT2D eigenvalue weighted by molar-refractivity contribution is 5.78. The van der Waals surface area contributed by atoms with Gasteiger partial charge in [-0.1, -0.05) is 20.8 Å².